The second-order valence-electron chi connectivity index (χ2n) is 5.85. The van der Waals surface area contributed by atoms with Crippen LogP contribution >= 0.6 is 0 Å². The Morgan fingerprint density at radius 1 is 1.26 bits per heavy atom. The first-order valence-corrected chi connectivity index (χ1v) is 7.80. The summed E-state index contributed by atoms with van der Waals surface area (Å²) >= 11 is 0. The molecule has 0 radical (unpaired) electrons. The first-order chi connectivity index (χ1) is 11.2. The van der Waals surface area contributed by atoms with Gasteiger partial charge in [-0.2, -0.15) is 5.10 Å². The number of nitrogens with zero attached hydrogens (tertiary/aromatic N) is 2. The zero-order valence-electron chi connectivity index (χ0n) is 12.8. The monoisotopic (exact) mass is 312 g/mol. The van der Waals surface area contributed by atoms with Crippen molar-refractivity contribution in [3.05, 3.63) is 64.1 Å². The van der Waals surface area contributed by atoms with Crippen molar-refractivity contribution >= 4 is 5.91 Å². The Balaban J connectivity index is 1.76. The van der Waals surface area contributed by atoms with Crippen LogP contribution in [0.2, 0.25) is 0 Å². The fourth-order valence-corrected chi connectivity index (χ4v) is 2.55. The van der Waals surface area contributed by atoms with E-state index in [2.05, 4.69) is 10.4 Å². The molecule has 23 heavy (non-hydrogen) atoms. The smallest absolute Gasteiger partial charge is 0.271 e. The van der Waals surface area contributed by atoms with E-state index in [1.54, 1.807) is 0 Å². The minimum atomic E-state index is -0.283. The molecule has 120 valence electrons. The molecule has 1 heterocycles. The molecule has 1 unspecified atom stereocenters. The van der Waals surface area contributed by atoms with E-state index in [1.807, 2.05) is 30.3 Å². The number of nitrogens with two attached hydrogens (primary N) is 1. The molecule has 3 rings (SSSR count). The van der Waals surface area contributed by atoms with Gasteiger partial charge in [-0.1, -0.05) is 30.3 Å². The first-order valence-electron chi connectivity index (χ1n) is 7.80. The molecule has 3 N–H and O–H groups in total. The van der Waals surface area contributed by atoms with Crippen LogP contribution in [0.25, 0.3) is 0 Å². The van der Waals surface area contributed by atoms with Gasteiger partial charge in [0.2, 0.25) is 0 Å². The summed E-state index contributed by atoms with van der Waals surface area (Å²) in [6, 6.07) is 12.4. The molecule has 1 aromatic carbocycles. The van der Waals surface area contributed by atoms with E-state index in [-0.39, 0.29) is 23.2 Å². The van der Waals surface area contributed by atoms with E-state index in [4.69, 9.17) is 5.73 Å². The second-order valence-corrected chi connectivity index (χ2v) is 5.85. The Kier molecular flexibility index (Phi) is 4.52. The van der Waals surface area contributed by atoms with Crippen LogP contribution in [0.1, 0.15) is 28.9 Å². The summed E-state index contributed by atoms with van der Waals surface area (Å²) in [5, 5.41) is 7.10. The van der Waals surface area contributed by atoms with Crippen molar-refractivity contribution in [1.82, 2.24) is 15.1 Å². The molecular weight excluding hydrogens is 292 g/mol. The van der Waals surface area contributed by atoms with Crippen molar-refractivity contribution in [3.63, 3.8) is 0 Å². The molecule has 1 aliphatic carbocycles. The molecule has 1 amide bonds. The molecule has 1 fully saturated rings. The van der Waals surface area contributed by atoms with Crippen molar-refractivity contribution in [2.45, 2.75) is 25.4 Å². The van der Waals surface area contributed by atoms with Gasteiger partial charge in [-0.25, -0.2) is 4.68 Å². The number of benzene rings is 1. The standard InChI is InChI=1S/C17H20N4O2/c18-10-15(13-6-7-13)19-17(23)14-8-9-16(22)21(20-14)11-12-4-2-1-3-5-12/h1-5,8-9,13,15H,6-7,10-11,18H2,(H,19,23). The van der Waals surface area contributed by atoms with Gasteiger partial charge in [-0.05, 0) is 30.4 Å². The van der Waals surface area contributed by atoms with Crippen LogP contribution in [-0.4, -0.2) is 28.3 Å². The van der Waals surface area contributed by atoms with Crippen LogP contribution in [0.4, 0.5) is 0 Å². The number of rotatable bonds is 6. The van der Waals surface area contributed by atoms with Gasteiger partial charge in [0.15, 0.2) is 0 Å². The number of amides is 1. The van der Waals surface area contributed by atoms with E-state index in [0.717, 1.165) is 18.4 Å². The van der Waals surface area contributed by atoms with Gasteiger partial charge in [0.05, 0.1) is 6.54 Å². The topological polar surface area (TPSA) is 90.0 Å². The molecule has 0 aliphatic heterocycles. The van der Waals surface area contributed by atoms with Crippen LogP contribution in [0.15, 0.2) is 47.3 Å². The predicted octanol–water partition coefficient (Wildman–Crippen LogP) is 0.759. The molecule has 1 aliphatic rings. The summed E-state index contributed by atoms with van der Waals surface area (Å²) < 4.78 is 1.30. The molecule has 0 saturated heterocycles. The largest absolute Gasteiger partial charge is 0.346 e. The minimum absolute atomic E-state index is 0.0150. The molecule has 1 saturated carbocycles. The summed E-state index contributed by atoms with van der Waals surface area (Å²) in [4.78, 5) is 24.3. The van der Waals surface area contributed by atoms with Crippen LogP contribution in [0.3, 0.4) is 0 Å². The lowest BCUT2D eigenvalue weighted by Crippen LogP contribution is -2.42. The van der Waals surface area contributed by atoms with E-state index in [9.17, 15) is 9.59 Å². The van der Waals surface area contributed by atoms with Crippen LogP contribution < -0.4 is 16.6 Å². The number of carbonyl (C=O) groups is 1. The number of aromatic nitrogens is 2. The fourth-order valence-electron chi connectivity index (χ4n) is 2.55. The average molecular weight is 312 g/mol. The van der Waals surface area contributed by atoms with Gasteiger partial charge < -0.3 is 11.1 Å². The lowest BCUT2D eigenvalue weighted by atomic mass is 10.2. The Morgan fingerprint density at radius 2 is 2.00 bits per heavy atom. The number of carbonyl (C=O) groups excluding carboxylic acids is 1. The van der Waals surface area contributed by atoms with E-state index in [0.29, 0.717) is 19.0 Å². The Morgan fingerprint density at radius 3 is 2.65 bits per heavy atom. The molecule has 2 aromatic rings. The third-order valence-corrected chi connectivity index (χ3v) is 4.04. The normalized spacial score (nSPS) is 15.2. The van der Waals surface area contributed by atoms with Gasteiger partial charge >= 0.3 is 0 Å². The van der Waals surface area contributed by atoms with Crippen molar-refractivity contribution in [2.75, 3.05) is 6.54 Å². The zero-order chi connectivity index (χ0) is 16.2. The SMILES string of the molecule is NCC(NC(=O)c1ccc(=O)n(Cc2ccccc2)n1)C1CC1. The lowest BCUT2D eigenvalue weighted by molar-refractivity contribution is 0.0926. The average Bonchev–Trinajstić information content (AvgIpc) is 3.40. The fraction of sp³-hybridized carbons (Fsp3) is 0.353. The summed E-state index contributed by atoms with van der Waals surface area (Å²) in [7, 11) is 0. The molecule has 6 nitrogen and oxygen atoms in total. The summed E-state index contributed by atoms with van der Waals surface area (Å²) in [6.45, 7) is 0.754. The van der Waals surface area contributed by atoms with Gasteiger partial charge in [0.1, 0.15) is 5.69 Å². The van der Waals surface area contributed by atoms with Crippen LogP contribution in [0, 0.1) is 5.92 Å². The summed E-state index contributed by atoms with van der Waals surface area (Å²) in [5.74, 6) is 0.188. The highest BCUT2D eigenvalue weighted by atomic mass is 16.2. The van der Waals surface area contributed by atoms with Gasteiger partial charge in [-0.15, -0.1) is 0 Å². The third kappa shape index (κ3) is 3.84. The molecule has 1 aromatic heterocycles. The maximum atomic E-state index is 12.3. The number of nitrogens with one attached hydrogen (secondary N) is 1. The van der Waals surface area contributed by atoms with Crippen molar-refractivity contribution in [2.24, 2.45) is 11.7 Å². The molecule has 0 bridgehead atoms. The maximum Gasteiger partial charge on any atom is 0.271 e. The van der Waals surface area contributed by atoms with Crippen molar-refractivity contribution < 1.29 is 4.79 Å². The van der Waals surface area contributed by atoms with Crippen molar-refractivity contribution in [3.8, 4) is 0 Å². The molecule has 6 heteroatoms. The molecule has 0 spiro atoms. The zero-order valence-corrected chi connectivity index (χ0v) is 12.8. The number of hydrogen-bond donors (Lipinski definition) is 2. The van der Waals surface area contributed by atoms with Gasteiger partial charge in [0.25, 0.3) is 11.5 Å². The highest BCUT2D eigenvalue weighted by Gasteiger charge is 2.31. The number of hydrogen-bond acceptors (Lipinski definition) is 4. The van der Waals surface area contributed by atoms with Gasteiger partial charge in [0, 0.05) is 18.7 Å². The minimum Gasteiger partial charge on any atom is -0.346 e. The Labute approximate surface area is 134 Å². The van der Waals surface area contributed by atoms with Crippen molar-refractivity contribution in [1.29, 1.82) is 0 Å². The van der Waals surface area contributed by atoms with E-state index >= 15 is 0 Å². The van der Waals surface area contributed by atoms with Gasteiger partial charge in [-0.3, -0.25) is 9.59 Å². The predicted molar refractivity (Wildman–Crippen MR) is 87.1 cm³/mol. The highest BCUT2D eigenvalue weighted by molar-refractivity contribution is 5.92. The Hall–Kier alpha value is -2.47. The first kappa shape index (κ1) is 15.4. The summed E-state index contributed by atoms with van der Waals surface area (Å²) in [6.07, 6.45) is 2.20. The van der Waals surface area contributed by atoms with E-state index in [1.165, 1.54) is 16.8 Å². The quantitative estimate of drug-likeness (QED) is 0.824. The second kappa shape index (κ2) is 6.75. The van der Waals surface area contributed by atoms with Crippen LogP contribution in [-0.2, 0) is 6.54 Å². The van der Waals surface area contributed by atoms with E-state index < -0.39 is 0 Å². The highest BCUT2D eigenvalue weighted by Crippen LogP contribution is 2.32. The third-order valence-electron chi connectivity index (χ3n) is 4.04. The molecule has 1 atom stereocenters. The summed E-state index contributed by atoms with van der Waals surface area (Å²) in [5.41, 5.74) is 6.66. The Bertz CT molecular complexity index is 738. The van der Waals surface area contributed by atoms with Crippen LogP contribution in [0.5, 0.6) is 0 Å². The molecular formula is C17H20N4O2. The lowest BCUT2D eigenvalue weighted by Gasteiger charge is -2.16. The maximum absolute atomic E-state index is 12.3.